The van der Waals surface area contributed by atoms with Crippen molar-refractivity contribution in [2.45, 2.75) is 18.9 Å². The Morgan fingerprint density at radius 1 is 1.14 bits per heavy atom. The molecule has 0 radical (unpaired) electrons. The number of carboxylic acid groups (broad SMARTS) is 1. The Hall–Kier alpha value is -3.89. The number of ether oxygens (including phenoxy) is 1. The lowest BCUT2D eigenvalue weighted by molar-refractivity contribution is -0.615. The van der Waals surface area contributed by atoms with Crippen molar-refractivity contribution < 1.29 is 32.5 Å². The smallest absolute Gasteiger partial charge is 0.335 e. The molecule has 2 aromatic carbocycles. The summed E-state index contributed by atoms with van der Waals surface area (Å²) in [5, 5.41) is 26.2. The lowest BCUT2D eigenvalue weighted by atomic mass is 9.99. The molecule has 1 N–H and O–H groups in total. The zero-order chi connectivity index (χ0) is 26.7. The standard InChI is InChI=1S/C26H21ClF3N3O4/c1-37-11-10-21(32-13-18(12-31-32)15-2-4-16(5-3-15)26(34)35)22-9-6-17(14-33(22)36)23-19(25(29)30)7-8-20(27)24(23)28/h2-9,12-14,21,25H,10-11H2,1H3,(H,34,35)/t21-/m0/s1. The van der Waals surface area contributed by atoms with E-state index >= 15 is 0 Å². The van der Waals surface area contributed by atoms with Gasteiger partial charge in [0.1, 0.15) is 11.9 Å². The van der Waals surface area contributed by atoms with Gasteiger partial charge in [-0.3, -0.25) is 4.68 Å². The number of carboxylic acids is 1. The van der Waals surface area contributed by atoms with Gasteiger partial charge in [0.05, 0.1) is 22.3 Å². The van der Waals surface area contributed by atoms with Crippen molar-refractivity contribution in [3.63, 3.8) is 0 Å². The van der Waals surface area contributed by atoms with Gasteiger partial charge in [-0.25, -0.2) is 18.0 Å². The summed E-state index contributed by atoms with van der Waals surface area (Å²) in [7, 11) is 1.51. The normalized spacial score (nSPS) is 12.2. The fourth-order valence-electron chi connectivity index (χ4n) is 4.05. The van der Waals surface area contributed by atoms with Crippen LogP contribution in [-0.2, 0) is 4.74 Å². The van der Waals surface area contributed by atoms with Crippen molar-refractivity contribution in [2.75, 3.05) is 13.7 Å². The number of aromatic carboxylic acids is 1. The van der Waals surface area contributed by atoms with Crippen molar-refractivity contribution in [1.82, 2.24) is 9.78 Å². The number of alkyl halides is 2. The maximum absolute atomic E-state index is 14.7. The SMILES string of the molecule is COCC[C@@H](c1ccc(-c2c(C(F)F)ccc(Cl)c2F)c[n+]1[O-])n1cc(-c2ccc(C(=O)O)cc2)cn1. The molecular formula is C26H21ClF3N3O4. The van der Waals surface area contributed by atoms with Crippen molar-refractivity contribution in [3.05, 3.63) is 100.0 Å². The highest BCUT2D eigenvalue weighted by atomic mass is 35.5. The van der Waals surface area contributed by atoms with Gasteiger partial charge in [-0.1, -0.05) is 29.8 Å². The van der Waals surface area contributed by atoms with Gasteiger partial charge in [0.2, 0.25) is 5.69 Å². The third kappa shape index (κ3) is 5.45. The highest BCUT2D eigenvalue weighted by Crippen LogP contribution is 2.36. The van der Waals surface area contributed by atoms with Gasteiger partial charge in [-0.05, 0) is 29.8 Å². The number of rotatable bonds is 9. The van der Waals surface area contributed by atoms with Crippen LogP contribution < -0.4 is 4.73 Å². The first-order chi connectivity index (χ1) is 17.7. The second kappa shape index (κ2) is 11.0. The molecule has 0 aliphatic carbocycles. The molecule has 0 saturated heterocycles. The van der Waals surface area contributed by atoms with E-state index in [-0.39, 0.29) is 28.5 Å². The number of methoxy groups -OCH3 is 1. The summed E-state index contributed by atoms with van der Waals surface area (Å²) < 4.78 is 49.1. The van der Waals surface area contributed by atoms with Crippen LogP contribution in [0, 0.1) is 11.0 Å². The lowest BCUT2D eigenvalue weighted by Gasteiger charge is -2.18. The van der Waals surface area contributed by atoms with Crippen molar-refractivity contribution in [3.8, 4) is 22.3 Å². The predicted octanol–water partition coefficient (Wildman–Crippen LogP) is 5.90. The minimum Gasteiger partial charge on any atom is -0.618 e. The molecule has 0 fully saturated rings. The molecule has 0 spiro atoms. The largest absolute Gasteiger partial charge is 0.618 e. The molecule has 0 amide bonds. The molecular weight excluding hydrogens is 511 g/mol. The summed E-state index contributed by atoms with van der Waals surface area (Å²) in [5.74, 6) is -2.07. The summed E-state index contributed by atoms with van der Waals surface area (Å²) in [4.78, 5) is 11.1. The average Bonchev–Trinajstić information content (AvgIpc) is 3.36. The van der Waals surface area contributed by atoms with Crippen molar-refractivity contribution in [1.29, 1.82) is 0 Å². The predicted molar refractivity (Wildman–Crippen MR) is 130 cm³/mol. The van der Waals surface area contributed by atoms with Crippen LogP contribution in [0.25, 0.3) is 22.3 Å². The summed E-state index contributed by atoms with van der Waals surface area (Å²) in [6.07, 6.45) is 1.70. The quantitative estimate of drug-likeness (QED) is 0.214. The Kier molecular flexibility index (Phi) is 7.80. The van der Waals surface area contributed by atoms with E-state index in [4.69, 9.17) is 21.4 Å². The molecule has 0 saturated carbocycles. The fourth-order valence-corrected chi connectivity index (χ4v) is 4.20. The van der Waals surface area contributed by atoms with Crippen LogP contribution in [0.15, 0.2) is 67.1 Å². The maximum Gasteiger partial charge on any atom is 0.335 e. The molecule has 192 valence electrons. The summed E-state index contributed by atoms with van der Waals surface area (Å²) in [6.45, 7) is 0.285. The first kappa shape index (κ1) is 26.2. The van der Waals surface area contributed by atoms with Crippen LogP contribution >= 0.6 is 11.6 Å². The summed E-state index contributed by atoms with van der Waals surface area (Å²) in [5.41, 5.74) is 0.748. The number of nitrogens with zero attached hydrogens (tertiary/aromatic N) is 3. The third-order valence-corrected chi connectivity index (χ3v) is 6.21. The van der Waals surface area contributed by atoms with Crippen LogP contribution in [0.1, 0.15) is 40.5 Å². The molecule has 1 atom stereocenters. The topological polar surface area (TPSA) is 91.3 Å². The van der Waals surface area contributed by atoms with Gasteiger partial charge in [-0.2, -0.15) is 9.83 Å². The number of benzene rings is 2. The second-order valence-corrected chi connectivity index (χ2v) is 8.59. The highest BCUT2D eigenvalue weighted by molar-refractivity contribution is 6.31. The molecule has 0 aliphatic rings. The molecule has 0 bridgehead atoms. The molecule has 2 aromatic heterocycles. The van der Waals surface area contributed by atoms with Gasteiger partial charge >= 0.3 is 5.97 Å². The van der Waals surface area contributed by atoms with E-state index in [2.05, 4.69) is 5.10 Å². The number of hydrogen-bond acceptors (Lipinski definition) is 4. The van der Waals surface area contributed by atoms with E-state index in [1.807, 2.05) is 0 Å². The van der Waals surface area contributed by atoms with Crippen LogP contribution in [0.3, 0.4) is 0 Å². The number of pyridine rings is 1. The van der Waals surface area contributed by atoms with E-state index in [1.165, 1.54) is 31.4 Å². The van der Waals surface area contributed by atoms with Crippen LogP contribution in [0.4, 0.5) is 13.2 Å². The Bertz CT molecular complexity index is 1430. The maximum atomic E-state index is 14.7. The number of hydrogen-bond donors (Lipinski definition) is 1. The van der Waals surface area contributed by atoms with E-state index in [9.17, 15) is 23.2 Å². The molecule has 0 unspecified atom stereocenters. The number of aromatic nitrogens is 3. The van der Waals surface area contributed by atoms with Crippen molar-refractivity contribution in [2.24, 2.45) is 0 Å². The van der Waals surface area contributed by atoms with Crippen LogP contribution in [-0.4, -0.2) is 34.6 Å². The second-order valence-electron chi connectivity index (χ2n) is 8.18. The zero-order valence-corrected chi connectivity index (χ0v) is 20.2. The Labute approximate surface area is 214 Å². The minimum absolute atomic E-state index is 0.0424. The Balaban J connectivity index is 1.72. The molecule has 37 heavy (non-hydrogen) atoms. The van der Waals surface area contributed by atoms with Gasteiger partial charge < -0.3 is 15.1 Å². The van der Waals surface area contributed by atoms with E-state index in [0.717, 1.165) is 23.9 Å². The summed E-state index contributed by atoms with van der Waals surface area (Å²) in [6, 6.07) is 10.6. The highest BCUT2D eigenvalue weighted by Gasteiger charge is 2.26. The zero-order valence-electron chi connectivity index (χ0n) is 19.4. The molecule has 11 heteroatoms. The number of carbonyl (C=O) groups is 1. The average molecular weight is 532 g/mol. The summed E-state index contributed by atoms with van der Waals surface area (Å²) >= 11 is 5.82. The molecule has 4 rings (SSSR count). The first-order valence-corrected chi connectivity index (χ1v) is 11.5. The van der Waals surface area contributed by atoms with E-state index in [0.29, 0.717) is 16.7 Å². The lowest BCUT2D eigenvalue weighted by Crippen LogP contribution is -2.36. The van der Waals surface area contributed by atoms with Crippen LogP contribution in [0.2, 0.25) is 5.02 Å². The molecule has 0 aliphatic heterocycles. The van der Waals surface area contributed by atoms with Gasteiger partial charge in [0, 0.05) is 49.1 Å². The fraction of sp³-hybridized carbons (Fsp3) is 0.192. The van der Waals surface area contributed by atoms with Gasteiger partial charge in [0.25, 0.3) is 6.43 Å². The Morgan fingerprint density at radius 3 is 2.46 bits per heavy atom. The van der Waals surface area contributed by atoms with Crippen LogP contribution in [0.5, 0.6) is 0 Å². The first-order valence-electron chi connectivity index (χ1n) is 11.1. The van der Waals surface area contributed by atoms with E-state index in [1.54, 1.807) is 29.2 Å². The van der Waals surface area contributed by atoms with Gasteiger partial charge in [0.15, 0.2) is 6.20 Å². The third-order valence-electron chi connectivity index (χ3n) is 5.92. The minimum atomic E-state index is -2.97. The van der Waals surface area contributed by atoms with Gasteiger partial charge in [-0.15, -0.1) is 0 Å². The number of halogens is 4. The molecule has 4 aromatic rings. The Morgan fingerprint density at radius 2 is 1.84 bits per heavy atom. The monoisotopic (exact) mass is 531 g/mol. The van der Waals surface area contributed by atoms with E-state index < -0.39 is 35.4 Å². The molecule has 7 nitrogen and oxygen atoms in total. The van der Waals surface area contributed by atoms with Crippen molar-refractivity contribution >= 4 is 17.6 Å². The molecule has 2 heterocycles.